The van der Waals surface area contributed by atoms with Gasteiger partial charge in [-0.15, -0.1) is 0 Å². The normalized spacial score (nSPS) is 17.0. The summed E-state index contributed by atoms with van der Waals surface area (Å²) in [5.74, 6) is 1.64. The van der Waals surface area contributed by atoms with Crippen LogP contribution in [0.1, 0.15) is 18.4 Å². The van der Waals surface area contributed by atoms with E-state index >= 15 is 0 Å². The Morgan fingerprint density at radius 1 is 1.27 bits per heavy atom. The molecule has 1 aromatic heterocycles. The summed E-state index contributed by atoms with van der Waals surface area (Å²) in [4.78, 5) is 21.4. The van der Waals surface area contributed by atoms with Crippen LogP contribution in [0.3, 0.4) is 0 Å². The molecule has 3 rings (SSSR count). The molecule has 8 heteroatoms. The molecule has 1 saturated heterocycles. The van der Waals surface area contributed by atoms with E-state index in [1.165, 1.54) is 0 Å². The van der Waals surface area contributed by atoms with Gasteiger partial charge in [0.1, 0.15) is 6.61 Å². The minimum absolute atomic E-state index is 0.254. The fraction of sp³-hybridized carbons (Fsp3) is 0.389. The molecule has 0 spiro atoms. The van der Waals surface area contributed by atoms with Crippen LogP contribution in [0.2, 0.25) is 10.0 Å². The third kappa shape index (κ3) is 4.77. The van der Waals surface area contributed by atoms with E-state index < -0.39 is 0 Å². The van der Waals surface area contributed by atoms with E-state index in [1.807, 2.05) is 0 Å². The SMILES string of the molecule is O=CNCC1CCCN(c2ncc(OCc3c(Cl)cccc3Cl)cn2)C1. The van der Waals surface area contributed by atoms with Gasteiger partial charge in [0.15, 0.2) is 5.75 Å². The Balaban J connectivity index is 1.59. The van der Waals surface area contributed by atoms with Crippen molar-refractivity contribution in [1.82, 2.24) is 15.3 Å². The molecule has 2 aromatic rings. The fourth-order valence-electron chi connectivity index (χ4n) is 3.00. The van der Waals surface area contributed by atoms with Crippen LogP contribution >= 0.6 is 23.2 Å². The van der Waals surface area contributed by atoms with Crippen molar-refractivity contribution in [2.24, 2.45) is 5.92 Å². The Morgan fingerprint density at radius 3 is 2.69 bits per heavy atom. The number of nitrogens with zero attached hydrogens (tertiary/aromatic N) is 3. The summed E-state index contributed by atoms with van der Waals surface area (Å²) in [5, 5.41) is 3.89. The molecule has 0 bridgehead atoms. The van der Waals surface area contributed by atoms with Crippen LogP contribution in [0.5, 0.6) is 5.75 Å². The van der Waals surface area contributed by atoms with Gasteiger partial charge in [-0.25, -0.2) is 9.97 Å². The molecule has 6 nitrogen and oxygen atoms in total. The topological polar surface area (TPSA) is 67.4 Å². The van der Waals surface area contributed by atoms with Crippen molar-refractivity contribution < 1.29 is 9.53 Å². The first kappa shape index (κ1) is 18.7. The summed E-state index contributed by atoms with van der Waals surface area (Å²) in [6, 6.07) is 5.35. The van der Waals surface area contributed by atoms with Gasteiger partial charge in [0.25, 0.3) is 0 Å². The zero-order valence-electron chi connectivity index (χ0n) is 14.2. The maximum absolute atomic E-state index is 10.5. The van der Waals surface area contributed by atoms with Gasteiger partial charge in [0.05, 0.1) is 12.4 Å². The Hall–Kier alpha value is -2.05. The highest BCUT2D eigenvalue weighted by Gasteiger charge is 2.21. The van der Waals surface area contributed by atoms with E-state index in [-0.39, 0.29) is 6.61 Å². The van der Waals surface area contributed by atoms with Gasteiger partial charge >= 0.3 is 0 Å². The highest BCUT2D eigenvalue weighted by molar-refractivity contribution is 6.35. The monoisotopic (exact) mass is 394 g/mol. The number of hydrogen-bond donors (Lipinski definition) is 1. The lowest BCUT2D eigenvalue weighted by molar-refractivity contribution is -0.109. The minimum Gasteiger partial charge on any atom is -0.486 e. The molecule has 1 aliphatic rings. The van der Waals surface area contributed by atoms with Crippen molar-refractivity contribution >= 4 is 35.6 Å². The summed E-state index contributed by atoms with van der Waals surface area (Å²) in [5.41, 5.74) is 0.737. The first-order valence-electron chi connectivity index (χ1n) is 8.47. The highest BCUT2D eigenvalue weighted by Crippen LogP contribution is 2.26. The molecule has 1 aromatic carbocycles. The first-order valence-corrected chi connectivity index (χ1v) is 9.22. The number of carbonyl (C=O) groups is 1. The quantitative estimate of drug-likeness (QED) is 0.729. The maximum atomic E-state index is 10.5. The average Bonchev–Trinajstić information content (AvgIpc) is 2.67. The van der Waals surface area contributed by atoms with Crippen molar-refractivity contribution in [2.45, 2.75) is 19.4 Å². The second-order valence-electron chi connectivity index (χ2n) is 6.19. The number of amides is 1. The van der Waals surface area contributed by atoms with Crippen molar-refractivity contribution in [3.63, 3.8) is 0 Å². The predicted molar refractivity (Wildman–Crippen MR) is 102 cm³/mol. The lowest BCUT2D eigenvalue weighted by Crippen LogP contribution is -2.40. The smallest absolute Gasteiger partial charge is 0.225 e. The number of rotatable bonds is 7. The van der Waals surface area contributed by atoms with Crippen LogP contribution in [0.25, 0.3) is 0 Å². The molecule has 1 N–H and O–H groups in total. The molecule has 0 saturated carbocycles. The van der Waals surface area contributed by atoms with Crippen molar-refractivity contribution in [1.29, 1.82) is 0 Å². The standard InChI is InChI=1S/C18H20Cl2N4O2/c19-16-4-1-5-17(20)15(16)11-26-14-8-22-18(23-9-14)24-6-2-3-13(10-24)7-21-12-25/h1,4-5,8-9,12-13H,2-3,6-7,10-11H2,(H,21,25). The lowest BCUT2D eigenvalue weighted by Gasteiger charge is -2.32. The molecule has 0 radical (unpaired) electrons. The molecule has 26 heavy (non-hydrogen) atoms. The predicted octanol–water partition coefficient (Wildman–Crippen LogP) is 3.32. The maximum Gasteiger partial charge on any atom is 0.225 e. The van der Waals surface area contributed by atoms with Crippen molar-refractivity contribution in [3.05, 3.63) is 46.2 Å². The van der Waals surface area contributed by atoms with Crippen LogP contribution in [-0.2, 0) is 11.4 Å². The van der Waals surface area contributed by atoms with Gasteiger partial charge in [-0.05, 0) is 30.9 Å². The van der Waals surface area contributed by atoms with E-state index in [9.17, 15) is 4.79 Å². The number of anilines is 1. The number of carbonyl (C=O) groups excluding carboxylic acids is 1. The van der Waals surface area contributed by atoms with Gasteiger partial charge in [-0.3, -0.25) is 4.79 Å². The summed E-state index contributed by atoms with van der Waals surface area (Å²) in [6.45, 7) is 2.67. The first-order chi connectivity index (χ1) is 12.7. The number of hydrogen-bond acceptors (Lipinski definition) is 5. The van der Waals surface area contributed by atoms with Crippen LogP contribution in [0.4, 0.5) is 5.95 Å². The summed E-state index contributed by atoms with van der Waals surface area (Å²) < 4.78 is 5.71. The summed E-state index contributed by atoms with van der Waals surface area (Å²) in [7, 11) is 0. The molecule has 2 heterocycles. The average molecular weight is 395 g/mol. The Bertz CT molecular complexity index is 722. The fourth-order valence-corrected chi connectivity index (χ4v) is 3.51. The summed E-state index contributed by atoms with van der Waals surface area (Å²) in [6.07, 6.45) is 6.20. The Kier molecular flexibility index (Phi) is 6.52. The largest absolute Gasteiger partial charge is 0.486 e. The van der Waals surface area contributed by atoms with Gasteiger partial charge in [-0.2, -0.15) is 0 Å². The molecule has 1 fully saturated rings. The van der Waals surface area contributed by atoms with Gasteiger partial charge in [0.2, 0.25) is 12.4 Å². The molecule has 1 amide bonds. The molecular weight excluding hydrogens is 375 g/mol. The Morgan fingerprint density at radius 2 is 2.00 bits per heavy atom. The van der Waals surface area contributed by atoms with E-state index in [4.69, 9.17) is 27.9 Å². The van der Waals surface area contributed by atoms with Gasteiger partial charge in [0, 0.05) is 35.2 Å². The van der Waals surface area contributed by atoms with E-state index in [0.29, 0.717) is 34.2 Å². The molecule has 138 valence electrons. The number of piperidine rings is 1. The van der Waals surface area contributed by atoms with Gasteiger partial charge < -0.3 is 15.0 Å². The Labute approximate surface area is 162 Å². The van der Waals surface area contributed by atoms with Gasteiger partial charge in [-0.1, -0.05) is 29.3 Å². The third-order valence-corrected chi connectivity index (χ3v) is 5.06. The number of aromatic nitrogens is 2. The molecule has 1 atom stereocenters. The zero-order valence-corrected chi connectivity index (χ0v) is 15.7. The second kappa shape index (κ2) is 9.05. The van der Waals surface area contributed by atoms with Crippen molar-refractivity contribution in [3.8, 4) is 5.75 Å². The second-order valence-corrected chi connectivity index (χ2v) is 7.00. The minimum atomic E-state index is 0.254. The van der Waals surface area contributed by atoms with Crippen LogP contribution in [0.15, 0.2) is 30.6 Å². The number of halogens is 2. The third-order valence-electron chi connectivity index (χ3n) is 4.35. The van der Waals surface area contributed by atoms with Crippen LogP contribution in [-0.4, -0.2) is 36.0 Å². The zero-order chi connectivity index (χ0) is 18.4. The molecular formula is C18H20Cl2N4O2. The number of nitrogens with one attached hydrogen (secondary N) is 1. The number of ether oxygens (including phenoxy) is 1. The summed E-state index contributed by atoms with van der Waals surface area (Å²) >= 11 is 12.3. The van der Waals surface area contributed by atoms with Crippen LogP contribution < -0.4 is 15.0 Å². The lowest BCUT2D eigenvalue weighted by atomic mass is 9.98. The molecule has 1 unspecified atom stereocenters. The van der Waals surface area contributed by atoms with E-state index in [1.54, 1.807) is 30.6 Å². The molecule has 0 aliphatic carbocycles. The van der Waals surface area contributed by atoms with E-state index in [0.717, 1.165) is 37.9 Å². The molecule has 1 aliphatic heterocycles. The van der Waals surface area contributed by atoms with Crippen LogP contribution in [0, 0.1) is 5.92 Å². The van der Waals surface area contributed by atoms with E-state index in [2.05, 4.69) is 20.2 Å². The van der Waals surface area contributed by atoms with Crippen molar-refractivity contribution in [2.75, 3.05) is 24.5 Å². The highest BCUT2D eigenvalue weighted by atomic mass is 35.5. The number of benzene rings is 1.